The number of hydrogen-bond donors (Lipinski definition) is 2. The van der Waals surface area contributed by atoms with E-state index in [1.54, 1.807) is 6.08 Å². The highest BCUT2D eigenvalue weighted by Crippen LogP contribution is 2.43. The van der Waals surface area contributed by atoms with Crippen molar-refractivity contribution in [3.63, 3.8) is 0 Å². The van der Waals surface area contributed by atoms with Gasteiger partial charge in [-0.1, -0.05) is 237 Å². The maximum atomic E-state index is 13.5. The highest BCUT2D eigenvalue weighted by Gasteiger charge is 2.30. The van der Waals surface area contributed by atoms with Gasteiger partial charge in [0, 0.05) is 12.8 Å². The lowest BCUT2D eigenvalue weighted by Gasteiger charge is -2.27. The number of allylic oxidation sites excluding steroid dienone is 25. The Kier molecular flexibility index (Phi) is 49.0. The van der Waals surface area contributed by atoms with Crippen molar-refractivity contribution in [3.8, 4) is 0 Å². The molecule has 0 aromatic carbocycles. The average Bonchev–Trinajstić information content (AvgIpc) is 3.36. The van der Waals surface area contributed by atoms with E-state index in [0.29, 0.717) is 23.9 Å². The molecule has 74 heavy (non-hydrogen) atoms. The summed E-state index contributed by atoms with van der Waals surface area (Å²) >= 11 is 0. The first-order chi connectivity index (χ1) is 35.9. The van der Waals surface area contributed by atoms with Crippen LogP contribution in [0.4, 0.5) is 0 Å². The minimum Gasteiger partial charge on any atom is -0.456 e. The largest absolute Gasteiger partial charge is 0.472 e. The molecule has 0 aromatic heterocycles. The maximum Gasteiger partial charge on any atom is 0.472 e. The lowest BCUT2D eigenvalue weighted by molar-refractivity contribution is -0.870. The molecule has 0 aliphatic heterocycles. The number of likely N-dealkylation sites (N-methyl/N-ethyl adjacent to an activating group) is 1. The molecule has 0 spiro atoms. The summed E-state index contributed by atoms with van der Waals surface area (Å²) in [4.78, 5) is 37.5. The standard InChI is InChI=1S/C64H103N2O7P/c1-7-10-13-16-19-22-25-28-30-32-33-35-36-38-41-44-47-50-53-56-63(67)65-61(60-72-74(69,70)71-59-58-66(4,5)6)62(55-52-49-46-43-40-27-24-21-18-15-12-9-3)73-64(68)57-54-51-48-45-42-39-37-34-31-29-26-23-20-17-14-11-8-2/h10-11,13-14,17,19-20,22-23,26,28-31,33-35,37-39,41-42,47,50,52,55,61-62H,7-9,12,15-16,18,21,24-25,27,32,36,40,43-46,48-49,51,53-54,56-60H2,1-6H3,(H-,65,67,69,70)/p+1/b13-10-,14-11-,20-17+,22-19-,26-23+,30-28-,31-29-,35-33-,37-34+,41-38-,42-39+,50-47-,55-52+. The molecule has 0 radical (unpaired) electrons. The van der Waals surface area contributed by atoms with Gasteiger partial charge in [0.2, 0.25) is 5.91 Å². The van der Waals surface area contributed by atoms with Gasteiger partial charge in [-0.05, 0) is 89.5 Å². The topological polar surface area (TPSA) is 111 Å². The average molecular weight is 1040 g/mol. The second-order valence-electron chi connectivity index (χ2n) is 19.5. The molecule has 0 bridgehead atoms. The van der Waals surface area contributed by atoms with Crippen LogP contribution < -0.4 is 5.32 Å². The number of unbranched alkanes of at least 4 members (excludes halogenated alkanes) is 13. The van der Waals surface area contributed by atoms with Crippen LogP contribution in [0, 0.1) is 0 Å². The minimum absolute atomic E-state index is 0.00899. The fraction of sp³-hybridized carbons (Fsp3) is 0.562. The fourth-order valence-electron chi connectivity index (χ4n) is 7.05. The van der Waals surface area contributed by atoms with Crippen LogP contribution in [0.2, 0.25) is 0 Å². The smallest absolute Gasteiger partial charge is 0.456 e. The first-order valence-electron chi connectivity index (χ1n) is 28.4. The zero-order chi connectivity index (χ0) is 54.3. The zero-order valence-electron chi connectivity index (χ0n) is 47.3. The summed E-state index contributed by atoms with van der Waals surface area (Å²) in [7, 11) is 1.39. The van der Waals surface area contributed by atoms with Crippen molar-refractivity contribution in [2.24, 2.45) is 0 Å². The number of hydrogen-bond acceptors (Lipinski definition) is 6. The molecule has 0 saturated heterocycles. The van der Waals surface area contributed by atoms with Crippen molar-refractivity contribution in [2.75, 3.05) is 40.9 Å². The van der Waals surface area contributed by atoms with Crippen LogP contribution >= 0.6 is 7.82 Å². The van der Waals surface area contributed by atoms with Crippen LogP contribution in [0.1, 0.15) is 181 Å². The summed E-state index contributed by atoms with van der Waals surface area (Å²) in [6.07, 6.45) is 76.9. The predicted octanol–water partition coefficient (Wildman–Crippen LogP) is 17.3. The molecular weight excluding hydrogens is 940 g/mol. The number of nitrogens with one attached hydrogen (secondary N) is 1. The normalized spacial score (nSPS) is 15.0. The van der Waals surface area contributed by atoms with Crippen LogP contribution in [0.5, 0.6) is 0 Å². The number of rotatable bonds is 48. The molecule has 2 N–H and O–H groups in total. The van der Waals surface area contributed by atoms with E-state index < -0.39 is 25.9 Å². The molecule has 0 heterocycles. The van der Waals surface area contributed by atoms with Crippen LogP contribution in [0.15, 0.2) is 158 Å². The first kappa shape index (κ1) is 69.6. The van der Waals surface area contributed by atoms with E-state index in [4.69, 9.17) is 13.8 Å². The Bertz CT molecular complexity index is 1820. The predicted molar refractivity (Wildman–Crippen MR) is 318 cm³/mol. The molecule has 1 amide bonds. The molecule has 0 fully saturated rings. The second kappa shape index (κ2) is 52.1. The van der Waals surface area contributed by atoms with Gasteiger partial charge < -0.3 is 19.4 Å². The van der Waals surface area contributed by atoms with Crippen molar-refractivity contribution in [1.29, 1.82) is 0 Å². The number of amides is 1. The Morgan fingerprint density at radius 2 is 0.946 bits per heavy atom. The van der Waals surface area contributed by atoms with Gasteiger partial charge in [0.05, 0.1) is 33.8 Å². The van der Waals surface area contributed by atoms with Gasteiger partial charge in [-0.2, -0.15) is 0 Å². The Hall–Kier alpha value is -4.37. The van der Waals surface area contributed by atoms with Crippen LogP contribution in [0.25, 0.3) is 0 Å². The number of ether oxygens (including phenoxy) is 1. The number of carbonyl (C=O) groups is 2. The number of esters is 1. The van der Waals surface area contributed by atoms with Crippen molar-refractivity contribution >= 4 is 19.7 Å². The summed E-state index contributed by atoms with van der Waals surface area (Å²) in [5.74, 6) is -0.672. The number of quaternary nitrogens is 1. The van der Waals surface area contributed by atoms with Crippen LogP contribution in [-0.4, -0.2) is 74.3 Å². The van der Waals surface area contributed by atoms with Crippen molar-refractivity contribution in [1.82, 2.24) is 5.32 Å². The van der Waals surface area contributed by atoms with Gasteiger partial charge in [0.15, 0.2) is 0 Å². The monoisotopic (exact) mass is 1040 g/mol. The van der Waals surface area contributed by atoms with E-state index in [2.05, 4.69) is 99.0 Å². The summed E-state index contributed by atoms with van der Waals surface area (Å²) in [6, 6.07) is -0.919. The van der Waals surface area contributed by atoms with E-state index >= 15 is 0 Å². The van der Waals surface area contributed by atoms with Crippen molar-refractivity contribution in [3.05, 3.63) is 158 Å². The van der Waals surface area contributed by atoms with Gasteiger partial charge in [-0.3, -0.25) is 18.6 Å². The molecule has 9 nitrogen and oxygen atoms in total. The SMILES string of the molecule is CC\C=C/C=C/C=C/C=C\C=C\C=C\CCCCCC(=O)OC(/C=C/CCCCCCCCCCCC)C(COP(=O)(O)OCC[N+](C)(C)C)NC(=O)CC/C=C\C/C=C\C/C=C\C/C=C\C/C=C\C/C=C\CC. The molecule has 0 aromatic rings. The summed E-state index contributed by atoms with van der Waals surface area (Å²) < 4.78 is 30.5. The molecule has 0 rings (SSSR count). The lowest BCUT2D eigenvalue weighted by atomic mass is 10.1. The number of nitrogens with zero attached hydrogens (tertiary/aromatic N) is 1. The lowest BCUT2D eigenvalue weighted by Crippen LogP contribution is -2.47. The van der Waals surface area contributed by atoms with Crippen molar-refractivity contribution in [2.45, 2.75) is 193 Å². The molecule has 0 aliphatic carbocycles. The van der Waals surface area contributed by atoms with Gasteiger partial charge in [0.1, 0.15) is 19.3 Å². The summed E-state index contributed by atoms with van der Waals surface area (Å²) in [5, 5.41) is 2.98. The van der Waals surface area contributed by atoms with Gasteiger partial charge >= 0.3 is 13.8 Å². The summed E-state index contributed by atoms with van der Waals surface area (Å²) in [6.45, 7) is 6.62. The Labute approximate surface area is 452 Å². The number of phosphoric ester groups is 1. The number of carbonyl (C=O) groups excluding carboxylic acids is 2. The van der Waals surface area contributed by atoms with Gasteiger partial charge in [0.25, 0.3) is 0 Å². The first-order valence-corrected chi connectivity index (χ1v) is 29.9. The number of phosphoric acid groups is 1. The van der Waals surface area contributed by atoms with E-state index in [1.165, 1.54) is 51.4 Å². The van der Waals surface area contributed by atoms with E-state index in [9.17, 15) is 19.0 Å². The fourth-order valence-corrected chi connectivity index (χ4v) is 7.79. The van der Waals surface area contributed by atoms with E-state index in [1.807, 2.05) is 100 Å². The Morgan fingerprint density at radius 1 is 0.500 bits per heavy atom. The highest BCUT2D eigenvalue weighted by atomic mass is 31.2. The Morgan fingerprint density at radius 3 is 1.46 bits per heavy atom. The van der Waals surface area contributed by atoms with Crippen LogP contribution in [0.3, 0.4) is 0 Å². The molecular formula is C64H104N2O7P+. The van der Waals surface area contributed by atoms with E-state index in [0.717, 1.165) is 83.5 Å². The maximum absolute atomic E-state index is 13.5. The van der Waals surface area contributed by atoms with Gasteiger partial charge in [-0.25, -0.2) is 4.57 Å². The summed E-state index contributed by atoms with van der Waals surface area (Å²) in [5.41, 5.74) is 0. The molecule has 3 unspecified atom stereocenters. The molecule has 3 atom stereocenters. The zero-order valence-corrected chi connectivity index (χ0v) is 48.2. The Balaban J connectivity index is 5.59. The van der Waals surface area contributed by atoms with Crippen LogP contribution in [-0.2, 0) is 27.9 Å². The molecule has 0 aliphatic rings. The molecule has 416 valence electrons. The second-order valence-corrected chi connectivity index (χ2v) is 20.9. The van der Waals surface area contributed by atoms with Gasteiger partial charge in [-0.15, -0.1) is 0 Å². The third-order valence-electron chi connectivity index (χ3n) is 11.4. The van der Waals surface area contributed by atoms with Crippen molar-refractivity contribution < 1.29 is 37.3 Å². The minimum atomic E-state index is -4.49. The third-order valence-corrected chi connectivity index (χ3v) is 12.4. The third kappa shape index (κ3) is 52.5. The van der Waals surface area contributed by atoms with E-state index in [-0.39, 0.29) is 32.0 Å². The highest BCUT2D eigenvalue weighted by molar-refractivity contribution is 7.47. The quantitative estimate of drug-likeness (QED) is 0.0156. The molecule has 0 saturated carbocycles. The molecule has 10 heteroatoms.